The van der Waals surface area contributed by atoms with Crippen LogP contribution in [0.5, 0.6) is 0 Å². The van der Waals surface area contributed by atoms with Crippen LogP contribution >= 0.6 is 11.6 Å². The summed E-state index contributed by atoms with van der Waals surface area (Å²) in [5.74, 6) is 4.98. The van der Waals surface area contributed by atoms with Crippen molar-refractivity contribution in [1.29, 1.82) is 5.26 Å². The SMILES string of the molecule is N#Cc1cc(CCO)c(CON)cc1Cl. The molecule has 0 unspecified atom stereocenters. The minimum Gasteiger partial charge on any atom is -0.396 e. The van der Waals surface area contributed by atoms with Crippen molar-refractivity contribution in [2.45, 2.75) is 13.0 Å². The topological polar surface area (TPSA) is 79.3 Å². The molecule has 0 aliphatic heterocycles. The average molecular weight is 227 g/mol. The first-order valence-corrected chi connectivity index (χ1v) is 4.74. The molecule has 1 rings (SSSR count). The van der Waals surface area contributed by atoms with Gasteiger partial charge in [-0.3, -0.25) is 4.84 Å². The fourth-order valence-electron chi connectivity index (χ4n) is 1.32. The van der Waals surface area contributed by atoms with Crippen molar-refractivity contribution in [1.82, 2.24) is 0 Å². The largest absolute Gasteiger partial charge is 0.396 e. The predicted octanol–water partition coefficient (Wildman–Crippen LogP) is 1.14. The molecule has 0 amide bonds. The number of hydrogen-bond donors (Lipinski definition) is 2. The second-order valence-electron chi connectivity index (χ2n) is 3.00. The Balaban J connectivity index is 3.14. The predicted molar refractivity (Wildman–Crippen MR) is 55.9 cm³/mol. The molecule has 0 fully saturated rings. The highest BCUT2D eigenvalue weighted by molar-refractivity contribution is 6.31. The van der Waals surface area contributed by atoms with Gasteiger partial charge in [-0.15, -0.1) is 0 Å². The number of hydrogen-bond acceptors (Lipinski definition) is 4. The first-order chi connectivity index (χ1) is 7.22. The highest BCUT2D eigenvalue weighted by Crippen LogP contribution is 2.22. The lowest BCUT2D eigenvalue weighted by atomic mass is 10.0. The molecule has 0 aliphatic rings. The Bertz CT molecular complexity index is 388. The maximum atomic E-state index is 8.86. The number of nitrogens with two attached hydrogens (primary N) is 1. The Morgan fingerprint density at radius 2 is 2.20 bits per heavy atom. The van der Waals surface area contributed by atoms with E-state index in [1.807, 2.05) is 6.07 Å². The van der Waals surface area contributed by atoms with Crippen LogP contribution in [0.2, 0.25) is 5.02 Å². The Kier molecular flexibility index (Phi) is 4.53. The van der Waals surface area contributed by atoms with Gasteiger partial charge in [0.1, 0.15) is 6.07 Å². The molecule has 80 valence electrons. The number of rotatable bonds is 4. The highest BCUT2D eigenvalue weighted by atomic mass is 35.5. The zero-order valence-corrected chi connectivity index (χ0v) is 8.79. The first kappa shape index (κ1) is 12.0. The van der Waals surface area contributed by atoms with E-state index in [1.165, 1.54) is 0 Å². The molecule has 0 saturated carbocycles. The molecule has 0 aromatic heterocycles. The number of halogens is 1. The molecule has 3 N–H and O–H groups in total. The average Bonchev–Trinajstić information content (AvgIpc) is 2.22. The molecule has 1 aromatic carbocycles. The van der Waals surface area contributed by atoms with Gasteiger partial charge in [-0.05, 0) is 29.7 Å². The molecule has 0 heterocycles. The van der Waals surface area contributed by atoms with Crippen molar-refractivity contribution in [3.63, 3.8) is 0 Å². The lowest BCUT2D eigenvalue weighted by molar-refractivity contribution is 0.123. The molecule has 5 heteroatoms. The van der Waals surface area contributed by atoms with E-state index in [0.717, 1.165) is 11.1 Å². The van der Waals surface area contributed by atoms with E-state index < -0.39 is 0 Å². The summed E-state index contributed by atoms with van der Waals surface area (Å²) >= 11 is 5.86. The van der Waals surface area contributed by atoms with E-state index in [0.29, 0.717) is 17.0 Å². The van der Waals surface area contributed by atoms with Gasteiger partial charge < -0.3 is 5.11 Å². The fourth-order valence-corrected chi connectivity index (χ4v) is 1.55. The number of nitriles is 1. The van der Waals surface area contributed by atoms with E-state index in [2.05, 4.69) is 4.84 Å². The minimum absolute atomic E-state index is 0.00404. The third kappa shape index (κ3) is 2.91. The number of benzene rings is 1. The standard InChI is InChI=1S/C10H11ClN2O2/c11-10-4-9(6-15-13)7(1-2-14)3-8(10)5-12/h3-4,14H,1-2,6,13H2. The Morgan fingerprint density at radius 3 is 2.73 bits per heavy atom. The molecular formula is C10H11ClN2O2. The van der Waals surface area contributed by atoms with Gasteiger partial charge in [-0.2, -0.15) is 5.26 Å². The van der Waals surface area contributed by atoms with E-state index in [4.69, 9.17) is 27.9 Å². The lowest BCUT2D eigenvalue weighted by Gasteiger charge is -2.09. The van der Waals surface area contributed by atoms with Gasteiger partial charge in [-0.1, -0.05) is 11.6 Å². The molecule has 1 aromatic rings. The van der Waals surface area contributed by atoms with Crippen molar-refractivity contribution >= 4 is 11.6 Å². The van der Waals surface area contributed by atoms with Gasteiger partial charge in [0.25, 0.3) is 0 Å². The van der Waals surface area contributed by atoms with Gasteiger partial charge in [0.15, 0.2) is 0 Å². The van der Waals surface area contributed by atoms with Crippen LogP contribution in [0.25, 0.3) is 0 Å². The summed E-state index contributed by atoms with van der Waals surface area (Å²) in [5, 5.41) is 18.0. The molecule has 0 bridgehead atoms. The number of aliphatic hydroxyl groups is 1. The van der Waals surface area contributed by atoms with Gasteiger partial charge in [0.2, 0.25) is 0 Å². The second-order valence-corrected chi connectivity index (χ2v) is 3.40. The summed E-state index contributed by atoms with van der Waals surface area (Å²) in [4.78, 5) is 4.52. The third-order valence-corrected chi connectivity index (χ3v) is 2.34. The zero-order valence-electron chi connectivity index (χ0n) is 8.03. The highest BCUT2D eigenvalue weighted by Gasteiger charge is 2.08. The summed E-state index contributed by atoms with van der Waals surface area (Å²) in [5.41, 5.74) is 2.00. The van der Waals surface area contributed by atoms with Crippen molar-refractivity contribution in [2.75, 3.05) is 6.61 Å². The summed E-state index contributed by atoms with van der Waals surface area (Å²) in [6.45, 7) is 0.213. The quantitative estimate of drug-likeness (QED) is 0.755. The minimum atomic E-state index is 0.00404. The first-order valence-electron chi connectivity index (χ1n) is 4.37. The van der Waals surface area contributed by atoms with Crippen molar-refractivity contribution in [3.8, 4) is 6.07 Å². The summed E-state index contributed by atoms with van der Waals surface area (Å²) in [7, 11) is 0. The van der Waals surface area contributed by atoms with E-state index in [9.17, 15) is 0 Å². The number of aliphatic hydroxyl groups excluding tert-OH is 1. The Labute approximate surface area is 92.8 Å². The van der Waals surface area contributed by atoms with Crippen LogP contribution in [0, 0.1) is 11.3 Å². The van der Waals surface area contributed by atoms with Crippen LogP contribution in [0.1, 0.15) is 16.7 Å². The molecule has 0 radical (unpaired) electrons. The molecule has 4 nitrogen and oxygen atoms in total. The van der Waals surface area contributed by atoms with Crippen molar-refractivity contribution < 1.29 is 9.94 Å². The monoisotopic (exact) mass is 226 g/mol. The summed E-state index contributed by atoms with van der Waals surface area (Å²) in [6.07, 6.45) is 0.449. The molecule has 0 saturated heterocycles. The molecule has 0 spiro atoms. The van der Waals surface area contributed by atoms with E-state index >= 15 is 0 Å². The van der Waals surface area contributed by atoms with E-state index in [1.54, 1.807) is 12.1 Å². The Morgan fingerprint density at radius 1 is 1.47 bits per heavy atom. The van der Waals surface area contributed by atoms with Crippen LogP contribution in [0.15, 0.2) is 12.1 Å². The molecule has 15 heavy (non-hydrogen) atoms. The van der Waals surface area contributed by atoms with E-state index in [-0.39, 0.29) is 13.2 Å². The zero-order chi connectivity index (χ0) is 11.3. The maximum Gasteiger partial charge on any atom is 0.101 e. The summed E-state index contributed by atoms with van der Waals surface area (Å²) in [6, 6.07) is 5.26. The maximum absolute atomic E-state index is 8.86. The van der Waals surface area contributed by atoms with Gasteiger partial charge in [0.05, 0.1) is 17.2 Å². The van der Waals surface area contributed by atoms with Crippen LogP contribution in [0.4, 0.5) is 0 Å². The van der Waals surface area contributed by atoms with Gasteiger partial charge in [-0.25, -0.2) is 5.90 Å². The second kappa shape index (κ2) is 5.69. The fraction of sp³-hybridized carbons (Fsp3) is 0.300. The smallest absolute Gasteiger partial charge is 0.101 e. The molecule has 0 atom stereocenters. The van der Waals surface area contributed by atoms with Gasteiger partial charge in [0, 0.05) is 6.61 Å². The summed E-state index contributed by atoms with van der Waals surface area (Å²) < 4.78 is 0. The van der Waals surface area contributed by atoms with Crippen LogP contribution in [0.3, 0.4) is 0 Å². The number of nitrogens with zero attached hydrogens (tertiary/aromatic N) is 1. The van der Waals surface area contributed by atoms with Crippen LogP contribution in [-0.4, -0.2) is 11.7 Å². The molecular weight excluding hydrogens is 216 g/mol. The molecule has 0 aliphatic carbocycles. The Hall–Kier alpha value is -1.12. The lowest BCUT2D eigenvalue weighted by Crippen LogP contribution is -2.04. The van der Waals surface area contributed by atoms with Crippen molar-refractivity contribution in [2.24, 2.45) is 5.90 Å². The van der Waals surface area contributed by atoms with Crippen LogP contribution in [-0.2, 0) is 17.9 Å². The van der Waals surface area contributed by atoms with Gasteiger partial charge >= 0.3 is 0 Å². The third-order valence-electron chi connectivity index (χ3n) is 2.03. The van der Waals surface area contributed by atoms with Crippen LogP contribution < -0.4 is 5.90 Å². The van der Waals surface area contributed by atoms with Crippen molar-refractivity contribution in [3.05, 3.63) is 33.8 Å². The normalized spacial score (nSPS) is 10.0.